The molecular formula is C29H30F6N6O2. The van der Waals surface area contributed by atoms with Crippen molar-refractivity contribution in [2.75, 3.05) is 29.2 Å². The first-order chi connectivity index (χ1) is 20.4. The molecule has 3 N–H and O–H groups in total. The number of aryl methyl sites for hydroxylation is 1. The number of benzene rings is 2. The number of hydrogen-bond donors (Lipinski definition) is 3. The van der Waals surface area contributed by atoms with Crippen molar-refractivity contribution >= 4 is 23.4 Å². The molecule has 1 aliphatic heterocycles. The Morgan fingerprint density at radius 3 is 1.98 bits per heavy atom. The Morgan fingerprint density at radius 2 is 1.49 bits per heavy atom. The molecule has 3 aromatic rings. The summed E-state index contributed by atoms with van der Waals surface area (Å²) in [5.41, 5.74) is 1.22. The normalized spacial score (nSPS) is 20.5. The van der Waals surface area contributed by atoms with Gasteiger partial charge in [0.15, 0.2) is 40.7 Å². The van der Waals surface area contributed by atoms with E-state index in [4.69, 9.17) is 0 Å². The van der Waals surface area contributed by atoms with Gasteiger partial charge in [-0.1, -0.05) is 6.92 Å². The van der Waals surface area contributed by atoms with Crippen molar-refractivity contribution in [2.24, 2.45) is 5.92 Å². The van der Waals surface area contributed by atoms with Gasteiger partial charge in [-0.15, -0.1) is 0 Å². The highest BCUT2D eigenvalue weighted by molar-refractivity contribution is 6.03. The molecule has 2 heterocycles. The largest absolute Gasteiger partial charge is 0.396 e. The highest BCUT2D eigenvalue weighted by Gasteiger charge is 2.38. The van der Waals surface area contributed by atoms with E-state index in [-0.39, 0.29) is 54.7 Å². The van der Waals surface area contributed by atoms with Crippen molar-refractivity contribution in [3.63, 3.8) is 0 Å². The Bertz CT molecular complexity index is 1450. The van der Waals surface area contributed by atoms with Gasteiger partial charge in [0.25, 0.3) is 0 Å². The molecule has 0 saturated heterocycles. The molecule has 2 aromatic carbocycles. The Hall–Kier alpha value is -3.91. The van der Waals surface area contributed by atoms with Crippen molar-refractivity contribution in [1.82, 2.24) is 14.9 Å². The second-order valence-electron chi connectivity index (χ2n) is 11.2. The molecule has 1 aromatic heterocycles. The molecule has 8 nitrogen and oxygen atoms in total. The van der Waals surface area contributed by atoms with Crippen molar-refractivity contribution in [2.45, 2.75) is 57.9 Å². The zero-order chi connectivity index (χ0) is 31.2. The van der Waals surface area contributed by atoms with Gasteiger partial charge in [-0.3, -0.25) is 9.69 Å². The lowest BCUT2D eigenvalue weighted by atomic mass is 9.85. The highest BCUT2D eigenvalue weighted by atomic mass is 19.2. The van der Waals surface area contributed by atoms with Gasteiger partial charge in [-0.25, -0.2) is 31.3 Å². The molecule has 1 fully saturated rings. The Labute approximate surface area is 243 Å². The summed E-state index contributed by atoms with van der Waals surface area (Å²) in [4.78, 5) is 25.1. The van der Waals surface area contributed by atoms with Gasteiger partial charge in [0.05, 0.1) is 5.69 Å². The van der Waals surface area contributed by atoms with Gasteiger partial charge in [0.1, 0.15) is 11.7 Å². The monoisotopic (exact) mass is 608 g/mol. The molecule has 1 amide bonds. The lowest BCUT2D eigenvalue weighted by Crippen LogP contribution is -2.51. The second-order valence-corrected chi connectivity index (χ2v) is 11.2. The Morgan fingerprint density at radius 1 is 0.977 bits per heavy atom. The SMILES string of the molecule is Cc1nc(N[C@H]2C[C@H](N(Cc3cc(F)c(F)c(F)c3)Cc3cc(F)c(F)c(F)c3)C2)nc2c1NC(=O)C([C@@H](C)CO)N2C. The molecule has 230 valence electrons. The molecule has 2 aliphatic rings. The summed E-state index contributed by atoms with van der Waals surface area (Å²) in [5.74, 6) is -8.49. The maximum absolute atomic E-state index is 13.9. The van der Waals surface area contributed by atoms with E-state index in [1.54, 1.807) is 30.7 Å². The third-order valence-corrected chi connectivity index (χ3v) is 7.99. The van der Waals surface area contributed by atoms with Gasteiger partial charge in [-0.05, 0) is 55.2 Å². The average Bonchev–Trinajstić information content (AvgIpc) is 2.92. The van der Waals surface area contributed by atoms with Gasteiger partial charge >= 0.3 is 0 Å². The summed E-state index contributed by atoms with van der Waals surface area (Å²) in [6.07, 6.45) is 0.961. The van der Waals surface area contributed by atoms with Crippen LogP contribution in [0.5, 0.6) is 0 Å². The van der Waals surface area contributed by atoms with E-state index in [0.29, 0.717) is 36.0 Å². The standard InChI is InChI=1S/C29H30F6N6O2/c1-13(12-42)26-28(43)38-25-14(2)36-29(39-27(25)40(26)3)37-17-8-18(9-17)41(10-15-4-19(30)23(34)20(31)5-15)11-16-6-21(32)24(35)22(33)7-16/h4-7,13,17-18,26,42H,8-12H2,1-3H3,(H,38,43)(H,36,37,39)/t13-,17-,18-,26?/m0/s1. The van der Waals surface area contributed by atoms with Crippen LogP contribution in [-0.2, 0) is 17.9 Å². The Kier molecular flexibility index (Phi) is 8.52. The third kappa shape index (κ3) is 6.11. The van der Waals surface area contributed by atoms with E-state index < -0.39 is 40.9 Å². The minimum atomic E-state index is -1.60. The van der Waals surface area contributed by atoms with Crippen LogP contribution in [-0.4, -0.2) is 57.7 Å². The van der Waals surface area contributed by atoms with Crippen molar-refractivity contribution in [1.29, 1.82) is 0 Å². The summed E-state index contributed by atoms with van der Waals surface area (Å²) in [7, 11) is 1.71. The topological polar surface area (TPSA) is 93.6 Å². The summed E-state index contributed by atoms with van der Waals surface area (Å²) >= 11 is 0. The second kappa shape index (κ2) is 12.0. The van der Waals surface area contributed by atoms with Crippen LogP contribution in [0, 0.1) is 47.7 Å². The molecule has 1 unspecified atom stereocenters. The molecule has 0 spiro atoms. The lowest BCUT2D eigenvalue weighted by molar-refractivity contribution is -0.119. The molecule has 0 radical (unpaired) electrons. The third-order valence-electron chi connectivity index (χ3n) is 7.99. The summed E-state index contributed by atoms with van der Waals surface area (Å²) < 4.78 is 82.8. The van der Waals surface area contributed by atoms with Crippen molar-refractivity contribution < 1.29 is 36.2 Å². The van der Waals surface area contributed by atoms with Crippen molar-refractivity contribution in [3.8, 4) is 0 Å². The Balaban J connectivity index is 1.33. The number of aliphatic hydroxyl groups excluding tert-OH is 1. The molecule has 5 rings (SSSR count). The molecule has 43 heavy (non-hydrogen) atoms. The minimum absolute atomic E-state index is 0.0739. The fourth-order valence-corrected chi connectivity index (χ4v) is 5.64. The van der Waals surface area contributed by atoms with Crippen LogP contribution in [0.25, 0.3) is 0 Å². The highest BCUT2D eigenvalue weighted by Crippen LogP contribution is 2.36. The number of anilines is 3. The van der Waals surface area contributed by atoms with E-state index >= 15 is 0 Å². The zero-order valence-electron chi connectivity index (χ0n) is 23.6. The van der Waals surface area contributed by atoms with Crippen molar-refractivity contribution in [3.05, 3.63) is 76.0 Å². The van der Waals surface area contributed by atoms with Crippen LogP contribution in [0.2, 0.25) is 0 Å². The van der Waals surface area contributed by atoms with E-state index in [1.165, 1.54) is 0 Å². The van der Waals surface area contributed by atoms with E-state index in [2.05, 4.69) is 20.6 Å². The van der Waals surface area contributed by atoms with Crippen LogP contribution in [0.15, 0.2) is 24.3 Å². The molecule has 0 bridgehead atoms. The predicted molar refractivity (Wildman–Crippen MR) is 146 cm³/mol. The van der Waals surface area contributed by atoms with E-state index in [0.717, 1.165) is 24.3 Å². The number of amides is 1. The molecule has 14 heteroatoms. The van der Waals surface area contributed by atoms with E-state index in [9.17, 15) is 36.2 Å². The number of fused-ring (bicyclic) bond motifs is 1. The lowest BCUT2D eigenvalue weighted by Gasteiger charge is -2.43. The first kappa shape index (κ1) is 30.5. The summed E-state index contributed by atoms with van der Waals surface area (Å²) in [6, 6.07) is 2.41. The quantitative estimate of drug-likeness (QED) is 0.241. The summed E-state index contributed by atoms with van der Waals surface area (Å²) in [6.45, 7) is 3.14. The number of halogens is 6. The fraction of sp³-hybridized carbons (Fsp3) is 0.414. The fourth-order valence-electron chi connectivity index (χ4n) is 5.64. The number of nitrogens with zero attached hydrogens (tertiary/aromatic N) is 4. The molecule has 1 aliphatic carbocycles. The number of nitrogens with one attached hydrogen (secondary N) is 2. The van der Waals surface area contributed by atoms with Crippen LogP contribution < -0.4 is 15.5 Å². The van der Waals surface area contributed by atoms with Crippen LogP contribution in [0.4, 0.5) is 43.8 Å². The first-order valence-electron chi connectivity index (χ1n) is 13.7. The van der Waals surface area contributed by atoms with E-state index in [1.807, 2.05) is 0 Å². The van der Waals surface area contributed by atoms with Gasteiger partial charge in [-0.2, -0.15) is 4.98 Å². The van der Waals surface area contributed by atoms with Gasteiger partial charge < -0.3 is 20.6 Å². The number of carbonyl (C=O) groups excluding carboxylic acids is 1. The average molecular weight is 609 g/mol. The smallest absolute Gasteiger partial charge is 0.247 e. The number of aliphatic hydroxyl groups is 1. The maximum atomic E-state index is 13.9. The molecule has 2 atom stereocenters. The number of aromatic nitrogens is 2. The van der Waals surface area contributed by atoms with Gasteiger partial charge in [0, 0.05) is 44.7 Å². The zero-order valence-corrected chi connectivity index (χ0v) is 23.6. The first-order valence-corrected chi connectivity index (χ1v) is 13.7. The van der Waals surface area contributed by atoms with Gasteiger partial charge in [0.2, 0.25) is 11.9 Å². The minimum Gasteiger partial charge on any atom is -0.396 e. The maximum Gasteiger partial charge on any atom is 0.247 e. The molecule has 1 saturated carbocycles. The number of carbonyl (C=O) groups is 1. The predicted octanol–water partition coefficient (Wildman–Crippen LogP) is 4.65. The number of likely N-dealkylation sites (N-methyl/N-ethyl adjacent to an activating group) is 1. The van der Waals surface area contributed by atoms with Crippen LogP contribution in [0.1, 0.15) is 36.6 Å². The number of rotatable bonds is 9. The van der Waals surface area contributed by atoms with Crippen LogP contribution >= 0.6 is 0 Å². The number of hydrogen-bond acceptors (Lipinski definition) is 7. The van der Waals surface area contributed by atoms with Crippen LogP contribution in [0.3, 0.4) is 0 Å². The summed E-state index contributed by atoms with van der Waals surface area (Å²) in [5, 5.41) is 15.7. The molecular weight excluding hydrogens is 578 g/mol.